The van der Waals surface area contributed by atoms with Crippen molar-refractivity contribution in [3.8, 4) is 0 Å². The van der Waals surface area contributed by atoms with Crippen LogP contribution in [0.1, 0.15) is 26.2 Å². The van der Waals surface area contributed by atoms with E-state index < -0.39 is 0 Å². The standard InChI is InChI=1S/C11H14O/c1-8(12)2-3-9-4-5-10-7-11(10)6-9/h4-6,10-11H,2-3,7H2,1H3. The van der Waals surface area contributed by atoms with E-state index in [-0.39, 0.29) is 0 Å². The van der Waals surface area contributed by atoms with Crippen molar-refractivity contribution in [2.75, 3.05) is 0 Å². The molecule has 0 radical (unpaired) electrons. The molecule has 64 valence electrons. The first-order valence-corrected chi connectivity index (χ1v) is 4.64. The molecule has 1 heteroatoms. The van der Waals surface area contributed by atoms with Crippen molar-refractivity contribution in [3.05, 3.63) is 23.8 Å². The summed E-state index contributed by atoms with van der Waals surface area (Å²) in [5.74, 6) is 1.95. The predicted octanol–water partition coefficient (Wildman–Crippen LogP) is 2.49. The third-order valence-corrected chi connectivity index (χ3v) is 2.64. The van der Waals surface area contributed by atoms with Crippen LogP contribution in [0.3, 0.4) is 0 Å². The second kappa shape index (κ2) is 2.89. The average Bonchev–Trinajstić information content (AvgIpc) is 2.78. The zero-order chi connectivity index (χ0) is 8.55. The second-order valence-corrected chi connectivity index (χ2v) is 3.87. The van der Waals surface area contributed by atoms with Gasteiger partial charge in [-0.15, -0.1) is 0 Å². The fourth-order valence-corrected chi connectivity index (χ4v) is 1.71. The molecule has 0 spiro atoms. The highest BCUT2D eigenvalue weighted by Crippen LogP contribution is 2.44. The maximum atomic E-state index is 10.7. The molecule has 1 fully saturated rings. The summed E-state index contributed by atoms with van der Waals surface area (Å²) in [5, 5.41) is 0. The average molecular weight is 162 g/mol. The molecule has 0 N–H and O–H groups in total. The first-order chi connectivity index (χ1) is 5.75. The summed E-state index contributed by atoms with van der Waals surface area (Å²) >= 11 is 0. The molecule has 2 aliphatic carbocycles. The van der Waals surface area contributed by atoms with Crippen molar-refractivity contribution in [1.82, 2.24) is 0 Å². The summed E-state index contributed by atoms with van der Waals surface area (Å²) in [6, 6.07) is 0. The lowest BCUT2D eigenvalue weighted by atomic mass is 10.0. The highest BCUT2D eigenvalue weighted by Gasteiger charge is 2.34. The van der Waals surface area contributed by atoms with E-state index in [2.05, 4.69) is 18.2 Å². The largest absolute Gasteiger partial charge is 0.300 e. The minimum Gasteiger partial charge on any atom is -0.300 e. The van der Waals surface area contributed by atoms with Crippen molar-refractivity contribution in [2.24, 2.45) is 11.8 Å². The summed E-state index contributed by atoms with van der Waals surface area (Å²) < 4.78 is 0. The van der Waals surface area contributed by atoms with Gasteiger partial charge in [0, 0.05) is 6.42 Å². The van der Waals surface area contributed by atoms with Crippen LogP contribution in [0.15, 0.2) is 23.8 Å². The molecule has 0 saturated heterocycles. The molecular formula is C11H14O. The van der Waals surface area contributed by atoms with E-state index in [9.17, 15) is 4.79 Å². The molecule has 0 aromatic heterocycles. The Morgan fingerprint density at radius 1 is 1.58 bits per heavy atom. The molecule has 0 aliphatic heterocycles. The number of allylic oxidation sites excluding steroid dienone is 4. The van der Waals surface area contributed by atoms with E-state index in [4.69, 9.17) is 0 Å². The van der Waals surface area contributed by atoms with Gasteiger partial charge in [-0.3, -0.25) is 0 Å². The Kier molecular flexibility index (Phi) is 1.87. The van der Waals surface area contributed by atoms with Gasteiger partial charge in [-0.1, -0.05) is 23.8 Å². The highest BCUT2D eigenvalue weighted by atomic mass is 16.1. The third-order valence-electron chi connectivity index (χ3n) is 2.64. The quantitative estimate of drug-likeness (QED) is 0.623. The van der Waals surface area contributed by atoms with Crippen molar-refractivity contribution >= 4 is 5.78 Å². The van der Waals surface area contributed by atoms with Gasteiger partial charge in [-0.2, -0.15) is 0 Å². The van der Waals surface area contributed by atoms with Crippen molar-refractivity contribution in [1.29, 1.82) is 0 Å². The smallest absolute Gasteiger partial charge is 0.130 e. The van der Waals surface area contributed by atoms with Crippen LogP contribution in [-0.2, 0) is 4.79 Å². The molecule has 0 heterocycles. The second-order valence-electron chi connectivity index (χ2n) is 3.87. The molecule has 0 amide bonds. The van der Waals surface area contributed by atoms with Crippen molar-refractivity contribution in [2.45, 2.75) is 26.2 Å². The number of Topliss-reactive ketones (excluding diaryl/α,β-unsaturated/α-hetero) is 1. The number of carbonyl (C=O) groups is 1. The monoisotopic (exact) mass is 162 g/mol. The first-order valence-electron chi connectivity index (χ1n) is 4.64. The highest BCUT2D eigenvalue weighted by molar-refractivity contribution is 5.75. The fraction of sp³-hybridized carbons (Fsp3) is 0.545. The molecule has 1 saturated carbocycles. The molecule has 2 atom stereocenters. The minimum atomic E-state index is 0.294. The van der Waals surface area contributed by atoms with Crippen molar-refractivity contribution in [3.63, 3.8) is 0 Å². The van der Waals surface area contributed by atoms with Gasteiger partial charge in [0.1, 0.15) is 5.78 Å². The minimum absolute atomic E-state index is 0.294. The molecule has 0 bridgehead atoms. The lowest BCUT2D eigenvalue weighted by Gasteiger charge is -2.03. The van der Waals surface area contributed by atoms with Crippen LogP contribution in [0.25, 0.3) is 0 Å². The summed E-state index contributed by atoms with van der Waals surface area (Å²) in [5.41, 5.74) is 1.36. The van der Waals surface area contributed by atoms with E-state index in [1.807, 2.05) is 0 Å². The SMILES string of the molecule is CC(=O)CCC1=CC2CC2C=C1. The van der Waals surface area contributed by atoms with Gasteiger partial charge in [0.05, 0.1) is 0 Å². The number of carbonyl (C=O) groups excluding carboxylic acids is 1. The number of fused-ring (bicyclic) bond motifs is 1. The molecule has 2 rings (SSSR count). The van der Waals surface area contributed by atoms with Crippen LogP contribution in [0.2, 0.25) is 0 Å². The van der Waals surface area contributed by atoms with E-state index in [1.165, 1.54) is 12.0 Å². The van der Waals surface area contributed by atoms with Crippen LogP contribution >= 0.6 is 0 Å². The normalized spacial score (nSPS) is 30.9. The van der Waals surface area contributed by atoms with Gasteiger partial charge < -0.3 is 4.79 Å². The maximum absolute atomic E-state index is 10.7. The van der Waals surface area contributed by atoms with Gasteiger partial charge in [0.25, 0.3) is 0 Å². The number of ketones is 1. The van der Waals surface area contributed by atoms with Gasteiger partial charge >= 0.3 is 0 Å². The van der Waals surface area contributed by atoms with E-state index in [0.29, 0.717) is 12.2 Å². The molecule has 1 nitrogen and oxygen atoms in total. The van der Waals surface area contributed by atoms with E-state index in [1.54, 1.807) is 6.92 Å². The molecule has 2 unspecified atom stereocenters. The van der Waals surface area contributed by atoms with Crippen molar-refractivity contribution < 1.29 is 4.79 Å². The molecule has 12 heavy (non-hydrogen) atoms. The maximum Gasteiger partial charge on any atom is 0.130 e. The summed E-state index contributed by atoms with van der Waals surface area (Å²) in [6.07, 6.45) is 9.80. The molecule has 0 aromatic carbocycles. The van der Waals surface area contributed by atoms with E-state index >= 15 is 0 Å². The Bertz CT molecular complexity index is 260. The number of hydrogen-bond donors (Lipinski definition) is 0. The van der Waals surface area contributed by atoms with Gasteiger partial charge in [0.2, 0.25) is 0 Å². The third kappa shape index (κ3) is 1.66. The van der Waals surface area contributed by atoms with E-state index in [0.717, 1.165) is 18.3 Å². The van der Waals surface area contributed by atoms with Gasteiger partial charge in [-0.25, -0.2) is 0 Å². The zero-order valence-corrected chi connectivity index (χ0v) is 7.42. The first kappa shape index (κ1) is 7.78. The number of hydrogen-bond acceptors (Lipinski definition) is 1. The predicted molar refractivity (Wildman–Crippen MR) is 48.7 cm³/mol. The Hall–Kier alpha value is -0.850. The molecular weight excluding hydrogens is 148 g/mol. The lowest BCUT2D eigenvalue weighted by molar-refractivity contribution is -0.116. The van der Waals surface area contributed by atoms with Crippen LogP contribution in [0, 0.1) is 11.8 Å². The van der Waals surface area contributed by atoms with Crippen LogP contribution < -0.4 is 0 Å². The summed E-state index contributed by atoms with van der Waals surface area (Å²) in [6.45, 7) is 1.66. The van der Waals surface area contributed by atoms with Crippen LogP contribution in [-0.4, -0.2) is 5.78 Å². The van der Waals surface area contributed by atoms with Crippen LogP contribution in [0.5, 0.6) is 0 Å². The van der Waals surface area contributed by atoms with Crippen LogP contribution in [0.4, 0.5) is 0 Å². The molecule has 2 aliphatic rings. The lowest BCUT2D eigenvalue weighted by Crippen LogP contribution is -1.93. The van der Waals surface area contributed by atoms with Gasteiger partial charge in [-0.05, 0) is 31.6 Å². The Morgan fingerprint density at radius 2 is 2.42 bits per heavy atom. The number of rotatable bonds is 3. The Balaban J connectivity index is 1.88. The summed E-state index contributed by atoms with van der Waals surface area (Å²) in [4.78, 5) is 10.7. The molecule has 0 aromatic rings. The Morgan fingerprint density at radius 3 is 3.08 bits per heavy atom. The zero-order valence-electron chi connectivity index (χ0n) is 7.42. The summed E-state index contributed by atoms with van der Waals surface area (Å²) in [7, 11) is 0. The van der Waals surface area contributed by atoms with Gasteiger partial charge in [0.15, 0.2) is 0 Å². The fourth-order valence-electron chi connectivity index (χ4n) is 1.71. The Labute approximate surface area is 73.2 Å². The topological polar surface area (TPSA) is 17.1 Å².